The highest BCUT2D eigenvalue weighted by Gasteiger charge is 2.34. The number of halogens is 6. The van der Waals surface area contributed by atoms with Crippen LogP contribution in [0.5, 0.6) is 11.5 Å². The van der Waals surface area contributed by atoms with E-state index < -0.39 is 17.9 Å². The molecule has 2 atom stereocenters. The number of rotatable bonds is 6. The molecule has 31 heavy (non-hydrogen) atoms. The van der Waals surface area contributed by atoms with Gasteiger partial charge < -0.3 is 14.8 Å². The van der Waals surface area contributed by atoms with Gasteiger partial charge in [-0.3, -0.25) is 4.98 Å². The Morgan fingerprint density at radius 1 is 1.03 bits per heavy atom. The van der Waals surface area contributed by atoms with E-state index in [1.165, 1.54) is 12.1 Å². The molecule has 166 valence electrons. The summed E-state index contributed by atoms with van der Waals surface area (Å²) in [4.78, 5) is 4.03. The van der Waals surface area contributed by atoms with Crippen molar-refractivity contribution in [1.29, 1.82) is 0 Å². The minimum Gasteiger partial charge on any atom is -0.489 e. The van der Waals surface area contributed by atoms with Gasteiger partial charge in [0.1, 0.15) is 17.7 Å². The number of nitrogens with one attached hydrogen (secondary N) is 1. The van der Waals surface area contributed by atoms with Crippen molar-refractivity contribution >= 4 is 23.2 Å². The lowest BCUT2D eigenvalue weighted by Crippen LogP contribution is -2.50. The highest BCUT2D eigenvalue weighted by molar-refractivity contribution is 5.85. The first-order chi connectivity index (χ1) is 14.3. The van der Waals surface area contributed by atoms with Crippen molar-refractivity contribution < 1.29 is 31.4 Å². The Balaban J connectivity index is 0.00000272. The molecule has 1 heterocycles. The second kappa shape index (κ2) is 9.23. The van der Waals surface area contributed by atoms with Gasteiger partial charge in [-0.25, -0.2) is 8.78 Å². The van der Waals surface area contributed by atoms with E-state index >= 15 is 0 Å². The molecule has 10 heteroatoms. The fraction of sp³-hybridized carbons (Fsp3) is 0.286. The Kier molecular flexibility index (Phi) is 6.86. The van der Waals surface area contributed by atoms with Crippen LogP contribution in [0.1, 0.15) is 18.4 Å². The van der Waals surface area contributed by atoms with Gasteiger partial charge in [0.05, 0.1) is 0 Å². The number of hydrogen-bond donors (Lipinski definition) is 1. The molecule has 0 spiro atoms. The van der Waals surface area contributed by atoms with Crippen molar-refractivity contribution in [3.8, 4) is 11.5 Å². The summed E-state index contributed by atoms with van der Waals surface area (Å²) in [6.07, 6.45) is -0.564. The quantitative estimate of drug-likeness (QED) is 0.491. The molecule has 4 nitrogen and oxygen atoms in total. The van der Waals surface area contributed by atoms with Crippen molar-refractivity contribution in [3.63, 3.8) is 0 Å². The number of pyridine rings is 1. The van der Waals surface area contributed by atoms with E-state index in [2.05, 4.69) is 15.0 Å². The Morgan fingerprint density at radius 2 is 1.84 bits per heavy atom. The molecule has 1 aliphatic carbocycles. The Labute approximate surface area is 180 Å². The number of alkyl halides is 3. The van der Waals surface area contributed by atoms with Gasteiger partial charge in [-0.05, 0) is 48.6 Å². The molecule has 0 radical (unpaired) electrons. The maximum atomic E-state index is 14.3. The number of hydrogen-bond acceptors (Lipinski definition) is 4. The average Bonchev–Trinajstić information content (AvgIpc) is 2.68. The van der Waals surface area contributed by atoms with E-state index in [1.807, 2.05) is 0 Å². The molecule has 0 bridgehead atoms. The smallest absolute Gasteiger partial charge is 0.489 e. The number of fused-ring (bicyclic) bond motifs is 1. The summed E-state index contributed by atoms with van der Waals surface area (Å²) >= 11 is 0. The largest absolute Gasteiger partial charge is 0.573 e. The van der Waals surface area contributed by atoms with Crippen LogP contribution < -0.4 is 14.8 Å². The number of nitrogens with zero attached hydrogens (tertiary/aromatic N) is 1. The molecule has 0 aliphatic heterocycles. The average molecular weight is 461 g/mol. The molecule has 1 aliphatic rings. The SMILES string of the molecule is Cl.Fc1cc(O[C@@H]2CC[C@H]2NCc2c(F)ccc3cnccc23)ccc1OC(F)(F)F. The molecule has 3 aromatic rings. The summed E-state index contributed by atoms with van der Waals surface area (Å²) in [7, 11) is 0. The van der Waals surface area contributed by atoms with Gasteiger partial charge in [0.15, 0.2) is 11.6 Å². The molecule has 1 N–H and O–H groups in total. The standard InChI is InChI=1S/C21H17F5N2O2.ClH/c22-16-3-1-12-10-27-8-7-14(12)15(16)11-28-18-4-6-20(18)29-13-2-5-19(17(23)9-13)30-21(24,25)26;/h1-3,5,7-10,18,20,28H,4,6,11H2;1H/t18-,20-;/m1./s1. The van der Waals surface area contributed by atoms with Crippen LogP contribution in [0, 0.1) is 11.6 Å². The fourth-order valence-corrected chi connectivity index (χ4v) is 3.40. The van der Waals surface area contributed by atoms with E-state index in [4.69, 9.17) is 4.74 Å². The predicted octanol–water partition coefficient (Wildman–Crippen LogP) is 5.53. The molecular formula is C21H18ClF5N2O2. The first-order valence-electron chi connectivity index (χ1n) is 9.26. The summed E-state index contributed by atoms with van der Waals surface area (Å²) < 4.78 is 74.2. The van der Waals surface area contributed by atoms with Crippen molar-refractivity contribution in [2.45, 2.75) is 37.9 Å². The lowest BCUT2D eigenvalue weighted by atomic mass is 9.88. The van der Waals surface area contributed by atoms with Crippen molar-refractivity contribution in [2.75, 3.05) is 0 Å². The molecule has 4 rings (SSSR count). The third-order valence-electron chi connectivity index (χ3n) is 5.04. The van der Waals surface area contributed by atoms with Crippen LogP contribution in [0.2, 0.25) is 0 Å². The predicted molar refractivity (Wildman–Crippen MR) is 106 cm³/mol. The van der Waals surface area contributed by atoms with E-state index in [0.717, 1.165) is 29.3 Å². The Hall–Kier alpha value is -2.65. The monoisotopic (exact) mass is 460 g/mol. The Morgan fingerprint density at radius 3 is 2.52 bits per heavy atom. The first kappa shape index (κ1) is 23.0. The minimum absolute atomic E-state index is 0. The molecular weight excluding hydrogens is 443 g/mol. The van der Waals surface area contributed by atoms with Crippen LogP contribution in [-0.2, 0) is 6.54 Å². The first-order valence-corrected chi connectivity index (χ1v) is 9.26. The van der Waals surface area contributed by atoms with Crippen molar-refractivity contribution in [2.24, 2.45) is 0 Å². The van der Waals surface area contributed by atoms with Gasteiger partial charge in [-0.15, -0.1) is 25.6 Å². The van der Waals surface area contributed by atoms with Gasteiger partial charge in [0, 0.05) is 42.0 Å². The molecule has 0 amide bonds. The van der Waals surface area contributed by atoms with E-state index in [-0.39, 0.29) is 42.7 Å². The minimum atomic E-state index is -4.97. The number of ether oxygens (including phenoxy) is 2. The molecule has 1 aromatic heterocycles. The zero-order chi connectivity index (χ0) is 21.3. The maximum absolute atomic E-state index is 14.3. The molecule has 0 saturated heterocycles. The van der Waals surface area contributed by atoms with Crippen LogP contribution in [0.4, 0.5) is 22.0 Å². The van der Waals surface area contributed by atoms with Crippen molar-refractivity contribution in [3.05, 3.63) is 66.0 Å². The normalized spacial score (nSPS) is 18.2. The Bertz CT molecular complexity index is 1060. The van der Waals surface area contributed by atoms with Gasteiger partial charge >= 0.3 is 6.36 Å². The fourth-order valence-electron chi connectivity index (χ4n) is 3.40. The molecule has 1 saturated carbocycles. The summed E-state index contributed by atoms with van der Waals surface area (Å²) in [6.45, 7) is 0.268. The van der Waals surface area contributed by atoms with Crippen molar-refractivity contribution in [1.82, 2.24) is 10.3 Å². The second-order valence-electron chi connectivity index (χ2n) is 6.98. The zero-order valence-corrected chi connectivity index (χ0v) is 16.8. The van der Waals surface area contributed by atoms with E-state index in [0.29, 0.717) is 12.0 Å². The second-order valence-corrected chi connectivity index (χ2v) is 6.98. The van der Waals surface area contributed by atoms with Gasteiger partial charge in [-0.2, -0.15) is 0 Å². The van der Waals surface area contributed by atoms with Crippen LogP contribution in [0.25, 0.3) is 10.8 Å². The topological polar surface area (TPSA) is 43.4 Å². The summed E-state index contributed by atoms with van der Waals surface area (Å²) in [6, 6.07) is 7.65. The number of benzene rings is 2. The third-order valence-corrected chi connectivity index (χ3v) is 5.04. The van der Waals surface area contributed by atoms with Crippen LogP contribution in [0.3, 0.4) is 0 Å². The molecule has 1 fully saturated rings. The zero-order valence-electron chi connectivity index (χ0n) is 16.0. The lowest BCUT2D eigenvalue weighted by Gasteiger charge is -2.37. The highest BCUT2D eigenvalue weighted by Crippen LogP contribution is 2.31. The van der Waals surface area contributed by atoms with Gasteiger partial charge in [-0.1, -0.05) is 0 Å². The molecule has 2 aromatic carbocycles. The lowest BCUT2D eigenvalue weighted by molar-refractivity contribution is -0.275. The third kappa shape index (κ3) is 5.34. The van der Waals surface area contributed by atoms with Crippen LogP contribution in [-0.4, -0.2) is 23.5 Å². The van der Waals surface area contributed by atoms with Gasteiger partial charge in [0.25, 0.3) is 0 Å². The van der Waals surface area contributed by atoms with E-state index in [9.17, 15) is 22.0 Å². The van der Waals surface area contributed by atoms with E-state index in [1.54, 1.807) is 24.5 Å². The maximum Gasteiger partial charge on any atom is 0.573 e. The summed E-state index contributed by atoms with van der Waals surface area (Å²) in [5.74, 6) is -2.32. The van der Waals surface area contributed by atoms with Gasteiger partial charge in [0.2, 0.25) is 0 Å². The van der Waals surface area contributed by atoms with Crippen LogP contribution >= 0.6 is 12.4 Å². The van der Waals surface area contributed by atoms with Crippen LogP contribution in [0.15, 0.2) is 48.8 Å². The molecule has 0 unspecified atom stereocenters. The highest BCUT2D eigenvalue weighted by atomic mass is 35.5. The number of aromatic nitrogens is 1. The summed E-state index contributed by atoms with van der Waals surface area (Å²) in [5, 5.41) is 4.83. The summed E-state index contributed by atoms with van der Waals surface area (Å²) in [5.41, 5.74) is 0.514.